The molecule has 0 bridgehead atoms. The van der Waals surface area contributed by atoms with Crippen molar-refractivity contribution >= 4 is 24.7 Å². The summed E-state index contributed by atoms with van der Waals surface area (Å²) in [7, 11) is -3.77. The van der Waals surface area contributed by atoms with Crippen molar-refractivity contribution in [3.05, 3.63) is 52.1 Å². The smallest absolute Gasteiger partial charge is 0.356 e. The maximum Gasteiger partial charge on any atom is 0.356 e. The molecule has 37 heavy (non-hydrogen) atoms. The van der Waals surface area contributed by atoms with Crippen LogP contribution in [0.1, 0.15) is 30.9 Å². The number of fused-ring (bicyclic) bond motifs is 1. The summed E-state index contributed by atoms with van der Waals surface area (Å²) in [6.45, 7) is 2.32. The fraction of sp³-hybridized carbons (Fsp3) is 0.478. The van der Waals surface area contributed by atoms with Crippen LogP contribution < -0.4 is 11.3 Å². The maximum atomic E-state index is 13.5. The van der Waals surface area contributed by atoms with Crippen LogP contribution in [0.15, 0.2) is 35.4 Å². The lowest BCUT2D eigenvalue weighted by atomic mass is 10.2. The van der Waals surface area contributed by atoms with E-state index in [4.69, 9.17) is 29.5 Å². The van der Waals surface area contributed by atoms with E-state index in [1.165, 1.54) is 6.33 Å². The first-order valence-electron chi connectivity index (χ1n) is 11.8. The van der Waals surface area contributed by atoms with Gasteiger partial charge >= 0.3 is 7.60 Å². The van der Waals surface area contributed by atoms with Crippen molar-refractivity contribution in [2.75, 3.05) is 38.5 Å². The number of rotatable bonds is 16. The van der Waals surface area contributed by atoms with Gasteiger partial charge in [-0.2, -0.15) is 10.2 Å². The highest BCUT2D eigenvalue weighted by Gasteiger charge is 2.27. The molecule has 2 heterocycles. The number of aromatic amines is 1. The molecule has 4 N–H and O–H groups in total. The number of hydrogen-bond acceptors (Lipinski definition) is 11. The summed E-state index contributed by atoms with van der Waals surface area (Å²) in [4.78, 5) is 22.4. The average Bonchev–Trinajstić information content (AvgIpc) is 3.31. The molecular formula is C23H31N6O7P. The molecule has 0 amide bonds. The summed E-state index contributed by atoms with van der Waals surface area (Å²) in [6, 6.07) is 8.68. The Morgan fingerprint density at radius 3 is 2.76 bits per heavy atom. The molecule has 3 rings (SSSR count). The minimum Gasteiger partial charge on any atom is -0.394 e. The molecule has 0 saturated carbocycles. The van der Waals surface area contributed by atoms with Gasteiger partial charge in [-0.25, -0.2) is 4.98 Å². The minimum absolute atomic E-state index is 0.0335. The first-order valence-corrected chi connectivity index (χ1v) is 13.5. The van der Waals surface area contributed by atoms with E-state index in [1.54, 1.807) is 28.8 Å². The summed E-state index contributed by atoms with van der Waals surface area (Å²) in [6.07, 6.45) is 2.17. The third kappa shape index (κ3) is 8.46. The van der Waals surface area contributed by atoms with E-state index in [2.05, 4.69) is 15.0 Å². The molecule has 0 aliphatic carbocycles. The van der Waals surface area contributed by atoms with Crippen LogP contribution in [0, 0.1) is 11.3 Å². The van der Waals surface area contributed by atoms with Crippen molar-refractivity contribution in [1.82, 2.24) is 19.5 Å². The first kappa shape index (κ1) is 28.5. The molecule has 0 radical (unpaired) electrons. The van der Waals surface area contributed by atoms with Crippen LogP contribution in [-0.4, -0.2) is 63.5 Å². The summed E-state index contributed by atoms with van der Waals surface area (Å²) >= 11 is 0. The Bertz CT molecular complexity index is 1290. The van der Waals surface area contributed by atoms with Crippen molar-refractivity contribution in [3.8, 4) is 6.07 Å². The van der Waals surface area contributed by atoms with Gasteiger partial charge in [-0.1, -0.05) is 25.5 Å². The van der Waals surface area contributed by atoms with Gasteiger partial charge in [0.15, 0.2) is 11.2 Å². The monoisotopic (exact) mass is 534 g/mol. The Labute approximate surface area is 213 Å². The zero-order chi connectivity index (χ0) is 26.7. The first-order chi connectivity index (χ1) is 17.9. The standard InChI is InChI=1S/C23H31N6O7P/c1-2-3-9-34-19(12-30)14-36-37(32,35-13-18-6-4-17(11-24)5-7-18)16-33-10-8-29-15-26-20-21(29)27-23(25)28-22(20)31/h4-7,15,19,30H,2-3,8-10,12-14,16H2,1H3,(H3,25,27,28,31). The molecule has 14 heteroatoms. The Balaban J connectivity index is 1.61. The molecular weight excluding hydrogens is 503 g/mol. The summed E-state index contributed by atoms with van der Waals surface area (Å²) in [5.41, 5.74) is 6.80. The zero-order valence-electron chi connectivity index (χ0n) is 20.5. The third-order valence-electron chi connectivity index (χ3n) is 5.24. The van der Waals surface area contributed by atoms with E-state index in [0.717, 1.165) is 12.8 Å². The van der Waals surface area contributed by atoms with Crippen molar-refractivity contribution in [2.45, 2.75) is 39.0 Å². The normalized spacial score (nSPS) is 13.9. The van der Waals surface area contributed by atoms with E-state index in [-0.39, 0.29) is 50.8 Å². The van der Waals surface area contributed by atoms with Gasteiger partial charge in [-0.15, -0.1) is 0 Å². The largest absolute Gasteiger partial charge is 0.394 e. The second-order valence-corrected chi connectivity index (χ2v) is 10.1. The number of unbranched alkanes of at least 4 members (excludes halogenated alkanes) is 1. The Hall–Kier alpha value is -3.11. The van der Waals surface area contributed by atoms with E-state index >= 15 is 0 Å². The van der Waals surface area contributed by atoms with Gasteiger partial charge < -0.3 is 33.9 Å². The van der Waals surface area contributed by atoms with E-state index in [9.17, 15) is 14.5 Å². The minimum atomic E-state index is -3.77. The van der Waals surface area contributed by atoms with Crippen LogP contribution in [0.5, 0.6) is 0 Å². The maximum absolute atomic E-state index is 13.5. The zero-order valence-corrected chi connectivity index (χ0v) is 21.4. The Morgan fingerprint density at radius 2 is 2.05 bits per heavy atom. The summed E-state index contributed by atoms with van der Waals surface area (Å²) in [5.74, 6) is -0.0335. The SMILES string of the molecule is CCCCOC(CO)COP(=O)(COCCn1cnc2c(=O)[nH]c(N)nc21)OCc1ccc(C#N)cc1. The number of aromatic nitrogens is 4. The van der Waals surface area contributed by atoms with Crippen LogP contribution in [0.2, 0.25) is 0 Å². The van der Waals surface area contributed by atoms with Crippen molar-refractivity contribution in [1.29, 1.82) is 5.26 Å². The number of nitrogens with two attached hydrogens (primary N) is 1. The number of H-pyrrole nitrogens is 1. The Morgan fingerprint density at radius 1 is 1.27 bits per heavy atom. The van der Waals surface area contributed by atoms with Gasteiger partial charge in [0.05, 0.1) is 44.4 Å². The molecule has 2 aromatic heterocycles. The molecule has 1 aromatic carbocycles. The topological polar surface area (TPSA) is 188 Å². The fourth-order valence-electron chi connectivity index (χ4n) is 3.18. The average molecular weight is 535 g/mol. The van der Waals surface area contributed by atoms with Gasteiger partial charge in [0.1, 0.15) is 12.5 Å². The van der Waals surface area contributed by atoms with Crippen molar-refractivity contribution in [3.63, 3.8) is 0 Å². The molecule has 0 aliphatic rings. The predicted octanol–water partition coefficient (Wildman–Crippen LogP) is 2.15. The molecule has 0 fully saturated rings. The quantitative estimate of drug-likeness (QED) is 0.180. The summed E-state index contributed by atoms with van der Waals surface area (Å²) in [5, 5.41) is 18.5. The lowest BCUT2D eigenvalue weighted by Crippen LogP contribution is -2.24. The highest BCUT2D eigenvalue weighted by molar-refractivity contribution is 7.53. The highest BCUT2D eigenvalue weighted by atomic mass is 31.2. The van der Waals surface area contributed by atoms with Crippen LogP contribution in [0.3, 0.4) is 0 Å². The lowest BCUT2D eigenvalue weighted by molar-refractivity contribution is -0.0199. The van der Waals surface area contributed by atoms with Crippen molar-refractivity contribution in [2.24, 2.45) is 0 Å². The molecule has 0 spiro atoms. The van der Waals surface area contributed by atoms with Gasteiger partial charge in [0, 0.05) is 13.2 Å². The number of nitrogens with one attached hydrogen (secondary N) is 1. The van der Waals surface area contributed by atoms with Gasteiger partial charge in [-0.3, -0.25) is 14.3 Å². The van der Waals surface area contributed by atoms with Gasteiger partial charge in [0.2, 0.25) is 5.95 Å². The fourth-order valence-corrected chi connectivity index (χ4v) is 4.49. The lowest BCUT2D eigenvalue weighted by Gasteiger charge is -2.22. The number of nitriles is 1. The molecule has 2 atom stereocenters. The second kappa shape index (κ2) is 14.0. The molecule has 200 valence electrons. The van der Waals surface area contributed by atoms with E-state index in [0.29, 0.717) is 23.4 Å². The second-order valence-electron chi connectivity index (χ2n) is 8.12. The number of ether oxygens (including phenoxy) is 2. The number of nitrogen functional groups attached to an aromatic ring is 1. The van der Waals surface area contributed by atoms with Crippen molar-refractivity contribution < 1.29 is 28.2 Å². The van der Waals surface area contributed by atoms with Crippen LogP contribution in [0.4, 0.5) is 5.95 Å². The van der Waals surface area contributed by atoms with E-state index in [1.807, 2.05) is 13.0 Å². The number of imidazole rings is 1. The third-order valence-corrected chi connectivity index (χ3v) is 6.81. The number of aliphatic hydroxyl groups excluding tert-OH is 1. The predicted molar refractivity (Wildman–Crippen MR) is 135 cm³/mol. The van der Waals surface area contributed by atoms with Crippen LogP contribution in [0.25, 0.3) is 11.2 Å². The number of anilines is 1. The van der Waals surface area contributed by atoms with Gasteiger partial charge in [0.25, 0.3) is 5.56 Å². The molecule has 2 unspecified atom stereocenters. The van der Waals surface area contributed by atoms with E-state index < -0.39 is 19.3 Å². The highest BCUT2D eigenvalue weighted by Crippen LogP contribution is 2.49. The van der Waals surface area contributed by atoms with Gasteiger partial charge in [-0.05, 0) is 24.1 Å². The van der Waals surface area contributed by atoms with Crippen LogP contribution in [-0.2, 0) is 36.2 Å². The number of aliphatic hydroxyl groups is 1. The molecule has 0 aliphatic heterocycles. The number of benzene rings is 1. The molecule has 3 aromatic rings. The summed E-state index contributed by atoms with van der Waals surface area (Å²) < 4.78 is 37.5. The number of hydrogen-bond donors (Lipinski definition) is 3. The Kier molecular flexibility index (Phi) is 10.8. The number of nitrogens with zero attached hydrogens (tertiary/aromatic N) is 4. The molecule has 13 nitrogen and oxygen atoms in total. The van der Waals surface area contributed by atoms with Crippen LogP contribution >= 0.6 is 7.60 Å². The molecule has 0 saturated heterocycles.